The normalized spacial score (nSPS) is 10.1. The van der Waals surface area contributed by atoms with Gasteiger partial charge in [0.25, 0.3) is 0 Å². The highest BCUT2D eigenvalue weighted by Gasteiger charge is 2.11. The van der Waals surface area contributed by atoms with Crippen LogP contribution < -0.4 is 5.32 Å². The van der Waals surface area contributed by atoms with Gasteiger partial charge in [-0.15, -0.1) is 0 Å². The van der Waals surface area contributed by atoms with E-state index >= 15 is 0 Å². The smallest absolute Gasteiger partial charge is 0.407 e. The van der Waals surface area contributed by atoms with Gasteiger partial charge in [-0.25, -0.2) is 9.18 Å². The molecule has 0 aliphatic heterocycles. The molecule has 5 nitrogen and oxygen atoms in total. The zero-order valence-corrected chi connectivity index (χ0v) is 13.4. The number of ether oxygens (including phenoxy) is 1. The molecule has 6 heteroatoms. The number of nitrogens with zero attached hydrogens (tertiary/aromatic N) is 1. The number of alkyl carbamates (subject to hydrolysis) is 1. The third-order valence-corrected chi connectivity index (χ3v) is 3.36. The molecule has 0 bridgehead atoms. The Balaban J connectivity index is 1.71. The van der Waals surface area contributed by atoms with Crippen LogP contribution in [0.25, 0.3) is 0 Å². The summed E-state index contributed by atoms with van der Waals surface area (Å²) >= 11 is 0. The summed E-state index contributed by atoms with van der Waals surface area (Å²) in [6.45, 7) is 0.317. The second-order valence-electron chi connectivity index (χ2n) is 5.29. The van der Waals surface area contributed by atoms with Gasteiger partial charge in [-0.05, 0) is 23.3 Å². The zero-order chi connectivity index (χ0) is 17.4. The van der Waals surface area contributed by atoms with Crippen LogP contribution >= 0.6 is 0 Å². The van der Waals surface area contributed by atoms with E-state index in [0.29, 0.717) is 6.54 Å². The van der Waals surface area contributed by atoms with Crippen molar-refractivity contribution in [2.24, 2.45) is 0 Å². The number of carbonyl (C=O) groups is 2. The fourth-order valence-corrected chi connectivity index (χ4v) is 2.01. The van der Waals surface area contributed by atoms with Gasteiger partial charge in [-0.3, -0.25) is 4.79 Å². The van der Waals surface area contributed by atoms with Crippen LogP contribution in [0.15, 0.2) is 54.6 Å². The number of rotatable bonds is 6. The van der Waals surface area contributed by atoms with Crippen molar-refractivity contribution in [1.82, 2.24) is 10.2 Å². The Morgan fingerprint density at radius 1 is 1.04 bits per heavy atom. The highest BCUT2D eigenvalue weighted by Crippen LogP contribution is 2.05. The molecule has 0 aromatic heterocycles. The zero-order valence-electron chi connectivity index (χ0n) is 13.4. The number of hydrogen-bond acceptors (Lipinski definition) is 3. The summed E-state index contributed by atoms with van der Waals surface area (Å²) in [6.07, 6.45) is -0.651. The third-order valence-electron chi connectivity index (χ3n) is 3.36. The Kier molecular flexibility index (Phi) is 6.31. The van der Waals surface area contributed by atoms with E-state index < -0.39 is 6.09 Å². The van der Waals surface area contributed by atoms with E-state index in [1.165, 1.54) is 17.0 Å². The van der Waals surface area contributed by atoms with Crippen molar-refractivity contribution >= 4 is 12.0 Å². The van der Waals surface area contributed by atoms with Gasteiger partial charge in [-0.1, -0.05) is 42.5 Å². The predicted molar refractivity (Wildman–Crippen MR) is 87.5 cm³/mol. The van der Waals surface area contributed by atoms with Gasteiger partial charge in [0.05, 0.1) is 0 Å². The SMILES string of the molecule is CN(Cc1ccc(F)cc1)C(=O)CNC(=O)OCc1ccccc1. The van der Waals surface area contributed by atoms with E-state index in [9.17, 15) is 14.0 Å². The number of amides is 2. The highest BCUT2D eigenvalue weighted by molar-refractivity contribution is 5.82. The van der Waals surface area contributed by atoms with Crippen molar-refractivity contribution in [2.75, 3.05) is 13.6 Å². The first kappa shape index (κ1) is 17.5. The summed E-state index contributed by atoms with van der Waals surface area (Å²) in [4.78, 5) is 25.0. The van der Waals surface area contributed by atoms with Crippen LogP contribution in [0.1, 0.15) is 11.1 Å². The predicted octanol–water partition coefficient (Wildman–Crippen LogP) is 2.71. The molecule has 0 saturated carbocycles. The standard InChI is InChI=1S/C18H19FN2O3/c1-21(12-14-7-9-16(19)10-8-14)17(22)11-20-18(23)24-13-15-5-3-2-4-6-15/h2-10H,11-13H2,1H3,(H,20,23). The van der Waals surface area contributed by atoms with E-state index in [2.05, 4.69) is 5.32 Å². The molecule has 0 atom stereocenters. The maximum Gasteiger partial charge on any atom is 0.407 e. The minimum absolute atomic E-state index is 0.145. The summed E-state index contributed by atoms with van der Waals surface area (Å²) < 4.78 is 17.9. The van der Waals surface area contributed by atoms with Gasteiger partial charge in [0, 0.05) is 13.6 Å². The molecule has 0 spiro atoms. The minimum atomic E-state index is -0.651. The Morgan fingerprint density at radius 2 is 1.71 bits per heavy atom. The van der Waals surface area contributed by atoms with Gasteiger partial charge in [0.2, 0.25) is 5.91 Å². The largest absolute Gasteiger partial charge is 0.445 e. The molecule has 2 aromatic carbocycles. The molecule has 1 N–H and O–H groups in total. The van der Waals surface area contributed by atoms with Crippen LogP contribution in [0.4, 0.5) is 9.18 Å². The number of hydrogen-bond donors (Lipinski definition) is 1. The van der Waals surface area contributed by atoms with Crippen molar-refractivity contribution in [3.8, 4) is 0 Å². The molecule has 0 aliphatic carbocycles. The number of benzene rings is 2. The number of carbonyl (C=O) groups excluding carboxylic acids is 2. The van der Waals surface area contributed by atoms with E-state index in [1.807, 2.05) is 30.3 Å². The summed E-state index contributed by atoms with van der Waals surface area (Å²) in [5.74, 6) is -0.591. The monoisotopic (exact) mass is 330 g/mol. The van der Waals surface area contributed by atoms with Crippen LogP contribution in [0.2, 0.25) is 0 Å². The van der Waals surface area contributed by atoms with Crippen LogP contribution in [0, 0.1) is 5.82 Å². The molecular formula is C18H19FN2O3. The van der Waals surface area contributed by atoms with E-state index in [0.717, 1.165) is 11.1 Å². The molecule has 126 valence electrons. The lowest BCUT2D eigenvalue weighted by Gasteiger charge is -2.17. The lowest BCUT2D eigenvalue weighted by Crippen LogP contribution is -2.38. The number of likely N-dealkylation sites (N-methyl/N-ethyl adjacent to an activating group) is 1. The molecule has 24 heavy (non-hydrogen) atoms. The van der Waals surface area contributed by atoms with Crippen molar-refractivity contribution < 1.29 is 18.7 Å². The van der Waals surface area contributed by atoms with Crippen LogP contribution in [0.5, 0.6) is 0 Å². The third kappa shape index (κ3) is 5.72. The lowest BCUT2D eigenvalue weighted by molar-refractivity contribution is -0.129. The summed E-state index contributed by atoms with van der Waals surface area (Å²) in [5, 5.41) is 2.42. The molecule has 0 saturated heterocycles. The molecule has 2 amide bonds. The molecule has 0 fully saturated rings. The quantitative estimate of drug-likeness (QED) is 0.886. The topological polar surface area (TPSA) is 58.6 Å². The van der Waals surface area contributed by atoms with Crippen molar-refractivity contribution in [2.45, 2.75) is 13.2 Å². The molecule has 2 aromatic rings. The Bertz CT molecular complexity index is 674. The lowest BCUT2D eigenvalue weighted by atomic mass is 10.2. The Labute approximate surface area is 140 Å². The van der Waals surface area contributed by atoms with E-state index in [-0.39, 0.29) is 24.9 Å². The first-order valence-electron chi connectivity index (χ1n) is 7.47. The van der Waals surface area contributed by atoms with Gasteiger partial charge in [0.1, 0.15) is 19.0 Å². The number of halogens is 1. The Morgan fingerprint density at radius 3 is 2.38 bits per heavy atom. The maximum atomic E-state index is 12.8. The molecule has 0 unspecified atom stereocenters. The average Bonchev–Trinajstić information content (AvgIpc) is 2.60. The second kappa shape index (κ2) is 8.67. The first-order valence-corrected chi connectivity index (χ1v) is 7.47. The van der Waals surface area contributed by atoms with Crippen molar-refractivity contribution in [1.29, 1.82) is 0 Å². The van der Waals surface area contributed by atoms with E-state index in [4.69, 9.17) is 4.74 Å². The second-order valence-corrected chi connectivity index (χ2v) is 5.29. The van der Waals surface area contributed by atoms with Gasteiger partial charge in [0.15, 0.2) is 0 Å². The molecule has 2 rings (SSSR count). The summed E-state index contributed by atoms with van der Waals surface area (Å²) in [5.41, 5.74) is 1.67. The fraction of sp³-hybridized carbons (Fsp3) is 0.222. The molecule has 0 aliphatic rings. The summed E-state index contributed by atoms with van der Waals surface area (Å²) in [7, 11) is 1.61. The molecular weight excluding hydrogens is 311 g/mol. The first-order chi connectivity index (χ1) is 11.5. The average molecular weight is 330 g/mol. The summed E-state index contributed by atoms with van der Waals surface area (Å²) in [6, 6.07) is 15.2. The van der Waals surface area contributed by atoms with Gasteiger partial charge >= 0.3 is 6.09 Å². The molecule has 0 heterocycles. The van der Waals surface area contributed by atoms with Gasteiger partial charge < -0.3 is 15.0 Å². The maximum absolute atomic E-state index is 12.8. The van der Waals surface area contributed by atoms with Crippen LogP contribution in [0.3, 0.4) is 0 Å². The highest BCUT2D eigenvalue weighted by atomic mass is 19.1. The minimum Gasteiger partial charge on any atom is -0.445 e. The van der Waals surface area contributed by atoms with Crippen LogP contribution in [-0.4, -0.2) is 30.5 Å². The Hall–Kier alpha value is -2.89. The van der Waals surface area contributed by atoms with Gasteiger partial charge in [-0.2, -0.15) is 0 Å². The fourth-order valence-electron chi connectivity index (χ4n) is 2.01. The van der Waals surface area contributed by atoms with E-state index in [1.54, 1.807) is 19.2 Å². The molecule has 0 radical (unpaired) electrons. The van der Waals surface area contributed by atoms with Crippen molar-refractivity contribution in [3.63, 3.8) is 0 Å². The van der Waals surface area contributed by atoms with Crippen LogP contribution in [-0.2, 0) is 22.7 Å². The number of nitrogens with one attached hydrogen (secondary N) is 1. The van der Waals surface area contributed by atoms with Crippen molar-refractivity contribution in [3.05, 3.63) is 71.5 Å².